The molecule has 0 unspecified atom stereocenters. The molecule has 1 amide bonds. The molecule has 1 fully saturated rings. The minimum atomic E-state index is -0.209. The topological polar surface area (TPSA) is 51.1 Å². The highest BCUT2D eigenvalue weighted by atomic mass is 79.9. The van der Waals surface area contributed by atoms with Crippen molar-refractivity contribution in [2.75, 3.05) is 0 Å². The molecule has 5 heteroatoms. The normalized spacial score (nSPS) is 15.3. The van der Waals surface area contributed by atoms with E-state index in [0.717, 1.165) is 22.9 Å². The van der Waals surface area contributed by atoms with Crippen LogP contribution < -0.4 is 10.9 Å². The predicted octanol–water partition coefficient (Wildman–Crippen LogP) is 2.81. The first-order chi connectivity index (χ1) is 10.6. The van der Waals surface area contributed by atoms with E-state index in [4.69, 9.17) is 0 Å². The van der Waals surface area contributed by atoms with Gasteiger partial charge >= 0.3 is 0 Å². The molecule has 1 aliphatic rings. The Morgan fingerprint density at radius 1 is 1.18 bits per heavy atom. The Morgan fingerprint density at radius 2 is 1.91 bits per heavy atom. The lowest BCUT2D eigenvalue weighted by Crippen LogP contribution is -2.35. The number of halogens is 1. The van der Waals surface area contributed by atoms with Gasteiger partial charge in [-0.1, -0.05) is 34.1 Å². The molecular formula is C17H17BrN2O2. The smallest absolute Gasteiger partial charge is 0.250 e. The predicted molar refractivity (Wildman–Crippen MR) is 88.5 cm³/mol. The van der Waals surface area contributed by atoms with E-state index in [-0.39, 0.29) is 17.0 Å². The molecule has 22 heavy (non-hydrogen) atoms. The average Bonchev–Trinajstić information content (AvgIpc) is 3.28. The number of hydrogen-bond donors (Lipinski definition) is 1. The summed E-state index contributed by atoms with van der Waals surface area (Å²) >= 11 is 3.42. The summed E-state index contributed by atoms with van der Waals surface area (Å²) in [5, 5.41) is 3.12. The van der Waals surface area contributed by atoms with E-state index < -0.39 is 0 Å². The highest BCUT2D eigenvalue weighted by molar-refractivity contribution is 9.10. The van der Waals surface area contributed by atoms with Gasteiger partial charge in [0.2, 0.25) is 5.91 Å². The molecule has 0 aliphatic heterocycles. The molecule has 1 N–H and O–H groups in total. The van der Waals surface area contributed by atoms with Crippen LogP contribution in [-0.4, -0.2) is 10.5 Å². The first-order valence-corrected chi connectivity index (χ1v) is 8.11. The van der Waals surface area contributed by atoms with Gasteiger partial charge in [0.1, 0.15) is 0 Å². The quantitative estimate of drug-likeness (QED) is 0.891. The third-order valence-corrected chi connectivity index (χ3v) is 4.53. The number of rotatable bonds is 5. The van der Waals surface area contributed by atoms with Gasteiger partial charge in [0, 0.05) is 29.7 Å². The Morgan fingerprint density at radius 3 is 2.55 bits per heavy atom. The summed E-state index contributed by atoms with van der Waals surface area (Å²) < 4.78 is 2.58. The molecule has 0 atom stereocenters. The number of aryl methyl sites for hydroxylation is 1. The summed E-state index contributed by atoms with van der Waals surface area (Å²) in [5.41, 5.74) is 0.852. The summed E-state index contributed by atoms with van der Waals surface area (Å²) in [6.07, 6.45) is 3.94. The fourth-order valence-corrected chi connectivity index (χ4v) is 2.84. The van der Waals surface area contributed by atoms with E-state index in [1.54, 1.807) is 22.9 Å². The van der Waals surface area contributed by atoms with Crippen LogP contribution in [0.5, 0.6) is 0 Å². The molecule has 0 spiro atoms. The second kappa shape index (κ2) is 6.08. The number of carbonyl (C=O) groups excluding carboxylic acids is 1. The summed E-state index contributed by atoms with van der Waals surface area (Å²) in [6.45, 7) is 0.405. The molecule has 0 bridgehead atoms. The molecule has 1 heterocycles. The molecule has 1 aromatic heterocycles. The Kier molecular flexibility index (Phi) is 4.16. The zero-order valence-corrected chi connectivity index (χ0v) is 13.7. The van der Waals surface area contributed by atoms with Crippen molar-refractivity contribution in [3.8, 4) is 0 Å². The lowest BCUT2D eigenvalue weighted by atomic mass is 10.0. The van der Waals surface area contributed by atoms with Gasteiger partial charge < -0.3 is 9.88 Å². The van der Waals surface area contributed by atoms with Gasteiger partial charge in [-0.3, -0.25) is 9.59 Å². The zero-order valence-electron chi connectivity index (χ0n) is 12.1. The lowest BCUT2D eigenvalue weighted by molar-refractivity contribution is -0.122. The Balaban J connectivity index is 1.61. The number of aromatic nitrogens is 1. The third kappa shape index (κ3) is 3.30. The number of carbonyl (C=O) groups is 1. The van der Waals surface area contributed by atoms with Crippen molar-refractivity contribution in [2.45, 2.75) is 31.3 Å². The highest BCUT2D eigenvalue weighted by Gasteiger charge is 2.45. The van der Waals surface area contributed by atoms with Crippen LogP contribution in [0.4, 0.5) is 0 Å². The van der Waals surface area contributed by atoms with Crippen LogP contribution >= 0.6 is 15.9 Å². The number of benzene rings is 1. The molecule has 114 valence electrons. The van der Waals surface area contributed by atoms with E-state index in [1.807, 2.05) is 24.3 Å². The molecule has 0 radical (unpaired) electrons. The summed E-state index contributed by atoms with van der Waals surface area (Å²) in [7, 11) is 0. The van der Waals surface area contributed by atoms with E-state index in [9.17, 15) is 9.59 Å². The van der Waals surface area contributed by atoms with Gasteiger partial charge in [0.15, 0.2) is 0 Å². The number of nitrogens with zero attached hydrogens (tertiary/aromatic N) is 1. The fraction of sp³-hybridized carbons (Fsp3) is 0.294. The first kappa shape index (κ1) is 15.0. The molecule has 4 nitrogen and oxygen atoms in total. The second-order valence-corrected chi connectivity index (χ2v) is 6.54. The lowest BCUT2D eigenvalue weighted by Gasteiger charge is -2.18. The van der Waals surface area contributed by atoms with Crippen LogP contribution in [0.15, 0.2) is 57.9 Å². The van der Waals surface area contributed by atoms with Gasteiger partial charge in [-0.2, -0.15) is 0 Å². The van der Waals surface area contributed by atoms with Crippen molar-refractivity contribution in [1.29, 1.82) is 0 Å². The molecule has 1 aliphatic carbocycles. The maximum absolute atomic E-state index is 12.2. The maximum Gasteiger partial charge on any atom is 0.250 e. The van der Waals surface area contributed by atoms with Gasteiger partial charge in [-0.25, -0.2) is 0 Å². The molecule has 3 rings (SSSR count). The SMILES string of the molecule is O=C(CCn1ccccc1=O)NC1(c2ccc(Br)cc2)CC1. The number of hydrogen-bond acceptors (Lipinski definition) is 2. The van der Waals surface area contributed by atoms with Crippen LogP contribution in [0, 0.1) is 0 Å². The van der Waals surface area contributed by atoms with E-state index in [1.165, 1.54) is 6.07 Å². The first-order valence-electron chi connectivity index (χ1n) is 7.32. The van der Waals surface area contributed by atoms with Crippen molar-refractivity contribution >= 4 is 21.8 Å². The molecule has 1 aromatic carbocycles. The molecule has 0 saturated heterocycles. The number of pyridine rings is 1. The van der Waals surface area contributed by atoms with Gasteiger partial charge in [-0.15, -0.1) is 0 Å². The Labute approximate surface area is 137 Å². The van der Waals surface area contributed by atoms with Crippen LogP contribution in [0.2, 0.25) is 0 Å². The minimum absolute atomic E-state index is 0.0174. The molecule has 1 saturated carbocycles. The van der Waals surface area contributed by atoms with E-state index >= 15 is 0 Å². The highest BCUT2D eigenvalue weighted by Crippen LogP contribution is 2.45. The Hall–Kier alpha value is -1.88. The summed E-state index contributed by atoms with van der Waals surface area (Å²) in [4.78, 5) is 23.8. The van der Waals surface area contributed by atoms with Crippen molar-refractivity contribution in [2.24, 2.45) is 0 Å². The van der Waals surface area contributed by atoms with Crippen LogP contribution in [0.25, 0.3) is 0 Å². The zero-order chi connectivity index (χ0) is 15.6. The Bertz CT molecular complexity index is 733. The van der Waals surface area contributed by atoms with Crippen LogP contribution in [-0.2, 0) is 16.9 Å². The van der Waals surface area contributed by atoms with Crippen LogP contribution in [0.1, 0.15) is 24.8 Å². The van der Waals surface area contributed by atoms with Crippen molar-refractivity contribution < 1.29 is 4.79 Å². The van der Waals surface area contributed by atoms with Crippen molar-refractivity contribution in [3.63, 3.8) is 0 Å². The van der Waals surface area contributed by atoms with E-state index in [0.29, 0.717) is 13.0 Å². The average molecular weight is 361 g/mol. The van der Waals surface area contributed by atoms with Gasteiger partial charge in [-0.05, 0) is 36.6 Å². The number of nitrogens with one attached hydrogen (secondary N) is 1. The standard InChI is InChI=1S/C17H17BrN2O2/c18-14-6-4-13(5-7-14)17(9-10-17)19-15(21)8-12-20-11-2-1-3-16(20)22/h1-7,11H,8-10,12H2,(H,19,21). The minimum Gasteiger partial charge on any atom is -0.347 e. The third-order valence-electron chi connectivity index (χ3n) is 4.00. The summed E-state index contributed by atoms with van der Waals surface area (Å²) in [6, 6.07) is 13.1. The van der Waals surface area contributed by atoms with Crippen LogP contribution in [0.3, 0.4) is 0 Å². The summed E-state index contributed by atoms with van der Waals surface area (Å²) in [5.74, 6) is -0.0174. The number of amides is 1. The van der Waals surface area contributed by atoms with Gasteiger partial charge in [0.25, 0.3) is 5.56 Å². The largest absolute Gasteiger partial charge is 0.347 e. The van der Waals surface area contributed by atoms with Crippen molar-refractivity contribution in [1.82, 2.24) is 9.88 Å². The fourth-order valence-electron chi connectivity index (χ4n) is 2.58. The van der Waals surface area contributed by atoms with Crippen molar-refractivity contribution in [3.05, 3.63) is 69.1 Å². The maximum atomic E-state index is 12.2. The van der Waals surface area contributed by atoms with Gasteiger partial charge in [0.05, 0.1) is 5.54 Å². The van der Waals surface area contributed by atoms with E-state index in [2.05, 4.69) is 21.2 Å². The monoisotopic (exact) mass is 360 g/mol. The molecule has 2 aromatic rings. The molecular weight excluding hydrogens is 344 g/mol. The second-order valence-electron chi connectivity index (χ2n) is 5.62.